The van der Waals surface area contributed by atoms with Gasteiger partial charge in [0.05, 0.1) is 18.4 Å². The van der Waals surface area contributed by atoms with Crippen LogP contribution < -0.4 is 5.32 Å². The van der Waals surface area contributed by atoms with Gasteiger partial charge in [-0.15, -0.1) is 0 Å². The van der Waals surface area contributed by atoms with Crippen LogP contribution in [0.1, 0.15) is 35.7 Å². The minimum absolute atomic E-state index is 0.0566. The molecule has 0 aromatic carbocycles. The zero-order valence-corrected chi connectivity index (χ0v) is 12.7. The van der Waals surface area contributed by atoms with Gasteiger partial charge in [0.25, 0.3) is 0 Å². The smallest absolute Gasteiger partial charge is 0.317 e. The topological polar surface area (TPSA) is 73.9 Å². The normalized spacial score (nSPS) is 18.9. The van der Waals surface area contributed by atoms with E-state index in [4.69, 9.17) is 0 Å². The lowest BCUT2D eigenvalue weighted by Gasteiger charge is -2.34. The molecule has 23 heavy (non-hydrogen) atoms. The zero-order chi connectivity index (χ0) is 16.4. The molecule has 10 heteroatoms. The third-order valence-corrected chi connectivity index (χ3v) is 4.62. The average molecular weight is 345 g/mol. The molecule has 3 heterocycles. The minimum Gasteiger partial charge on any atom is -0.317 e. The molecule has 0 radical (unpaired) electrons. The second-order valence-corrected chi connectivity index (χ2v) is 6.22. The Hall–Kier alpha value is -2.10. The van der Waals surface area contributed by atoms with Gasteiger partial charge in [-0.2, -0.15) is 18.3 Å². The van der Waals surface area contributed by atoms with Crippen LogP contribution in [0.3, 0.4) is 0 Å². The van der Waals surface area contributed by atoms with Gasteiger partial charge in [0, 0.05) is 18.3 Å². The summed E-state index contributed by atoms with van der Waals surface area (Å²) in [6.45, 7) is 0.541. The number of carbonyl (C=O) groups is 1. The van der Waals surface area contributed by atoms with E-state index in [9.17, 15) is 18.0 Å². The number of urea groups is 1. The Morgan fingerprint density at radius 2 is 2.22 bits per heavy atom. The fourth-order valence-corrected chi connectivity index (χ4v) is 3.26. The molecule has 2 N–H and O–H groups in total. The van der Waals surface area contributed by atoms with E-state index in [2.05, 4.69) is 20.5 Å². The number of hydrogen-bond acceptors (Lipinski definition) is 4. The van der Waals surface area contributed by atoms with E-state index in [0.29, 0.717) is 17.9 Å². The number of likely N-dealkylation sites (tertiary alicyclic amines) is 1. The van der Waals surface area contributed by atoms with Crippen LogP contribution in [-0.2, 0) is 6.18 Å². The molecule has 0 unspecified atom stereocenters. The number of alkyl halides is 3. The predicted octanol–water partition coefficient (Wildman–Crippen LogP) is 3.64. The van der Waals surface area contributed by atoms with Crippen LogP contribution in [0.4, 0.5) is 23.1 Å². The minimum atomic E-state index is -4.45. The Kier molecular flexibility index (Phi) is 4.24. The van der Waals surface area contributed by atoms with Crippen LogP contribution in [0, 0.1) is 0 Å². The van der Waals surface area contributed by atoms with E-state index in [1.54, 1.807) is 17.3 Å². The van der Waals surface area contributed by atoms with E-state index in [1.165, 1.54) is 0 Å². The second-order valence-electron chi connectivity index (χ2n) is 5.19. The number of halogens is 3. The standard InChI is InChI=1S/C13H14F3N5OS/c14-13(15,16)10-7-17-11(23-10)20-12(22)21-4-2-1-3-9(21)8-5-18-19-6-8/h5-7,9H,1-4H2,(H,18,19)(H,17,20,22)/t9-/m1/s1. The number of amides is 2. The van der Waals surface area contributed by atoms with Crippen molar-refractivity contribution in [3.05, 3.63) is 29.0 Å². The first kappa shape index (κ1) is 15.8. The predicted molar refractivity (Wildman–Crippen MR) is 78.0 cm³/mol. The van der Waals surface area contributed by atoms with Gasteiger partial charge in [0.2, 0.25) is 0 Å². The van der Waals surface area contributed by atoms with Crippen LogP contribution in [0.2, 0.25) is 0 Å². The zero-order valence-electron chi connectivity index (χ0n) is 11.9. The summed E-state index contributed by atoms with van der Waals surface area (Å²) in [6.07, 6.45) is 2.28. The molecule has 1 fully saturated rings. The summed E-state index contributed by atoms with van der Waals surface area (Å²) in [5, 5.41) is 9.00. The van der Waals surface area contributed by atoms with E-state index >= 15 is 0 Å². The summed E-state index contributed by atoms with van der Waals surface area (Å²) in [5.41, 5.74) is 0.884. The molecule has 3 rings (SSSR count). The molecule has 1 aliphatic rings. The van der Waals surface area contributed by atoms with Crippen molar-refractivity contribution in [1.29, 1.82) is 0 Å². The van der Waals surface area contributed by atoms with Crippen LogP contribution >= 0.6 is 11.3 Å². The maximum absolute atomic E-state index is 12.6. The number of aromatic amines is 1. The number of anilines is 1. The van der Waals surface area contributed by atoms with Gasteiger partial charge in [-0.1, -0.05) is 11.3 Å². The van der Waals surface area contributed by atoms with Gasteiger partial charge in [-0.25, -0.2) is 9.78 Å². The van der Waals surface area contributed by atoms with Gasteiger partial charge in [-0.3, -0.25) is 10.4 Å². The quantitative estimate of drug-likeness (QED) is 0.873. The Morgan fingerprint density at radius 3 is 2.87 bits per heavy atom. The maximum Gasteiger partial charge on any atom is 0.427 e. The molecule has 0 aliphatic carbocycles. The number of carbonyl (C=O) groups excluding carboxylic acids is 1. The number of rotatable bonds is 2. The molecule has 2 amide bonds. The molecule has 2 aromatic rings. The Labute approximate surface area is 133 Å². The molecule has 2 aromatic heterocycles. The number of aromatic nitrogens is 3. The molecule has 0 spiro atoms. The summed E-state index contributed by atoms with van der Waals surface area (Å²) in [7, 11) is 0. The molecule has 1 aliphatic heterocycles. The first-order valence-corrected chi connectivity index (χ1v) is 7.86. The van der Waals surface area contributed by atoms with Crippen molar-refractivity contribution in [3.63, 3.8) is 0 Å². The molecular weight excluding hydrogens is 331 g/mol. The molecule has 1 atom stereocenters. The Balaban J connectivity index is 1.72. The van der Waals surface area contributed by atoms with E-state index in [1.807, 2.05) is 0 Å². The monoisotopic (exact) mass is 345 g/mol. The molecule has 124 valence electrons. The number of thiazole rings is 1. The van der Waals surface area contributed by atoms with Gasteiger partial charge >= 0.3 is 12.2 Å². The van der Waals surface area contributed by atoms with Crippen molar-refractivity contribution >= 4 is 22.5 Å². The number of nitrogens with zero attached hydrogens (tertiary/aromatic N) is 3. The summed E-state index contributed by atoms with van der Waals surface area (Å²) in [5.74, 6) is 0. The van der Waals surface area contributed by atoms with Crippen LogP contribution in [0.25, 0.3) is 0 Å². The number of nitrogens with one attached hydrogen (secondary N) is 2. The highest BCUT2D eigenvalue weighted by Gasteiger charge is 2.34. The van der Waals surface area contributed by atoms with Crippen LogP contribution in [0.5, 0.6) is 0 Å². The highest BCUT2D eigenvalue weighted by atomic mass is 32.1. The molecular formula is C13H14F3N5OS. The van der Waals surface area contributed by atoms with E-state index < -0.39 is 17.1 Å². The number of H-pyrrole nitrogens is 1. The highest BCUT2D eigenvalue weighted by molar-refractivity contribution is 7.15. The number of piperidine rings is 1. The summed E-state index contributed by atoms with van der Waals surface area (Å²) in [6, 6.07) is -0.580. The van der Waals surface area contributed by atoms with Crippen LogP contribution in [0.15, 0.2) is 18.6 Å². The van der Waals surface area contributed by atoms with Gasteiger partial charge in [-0.05, 0) is 19.3 Å². The third kappa shape index (κ3) is 3.46. The lowest BCUT2D eigenvalue weighted by Crippen LogP contribution is -2.41. The maximum atomic E-state index is 12.6. The van der Waals surface area contributed by atoms with Crippen molar-refractivity contribution in [1.82, 2.24) is 20.1 Å². The lowest BCUT2D eigenvalue weighted by atomic mass is 9.98. The fraction of sp³-hybridized carbons (Fsp3) is 0.462. The SMILES string of the molecule is O=C(Nc1ncc(C(F)(F)F)s1)N1CCCC[C@@H]1c1cn[nH]c1. The van der Waals surface area contributed by atoms with Crippen LogP contribution in [-0.4, -0.2) is 32.7 Å². The van der Waals surface area contributed by atoms with E-state index in [-0.39, 0.29) is 11.2 Å². The first-order chi connectivity index (χ1) is 10.9. The fourth-order valence-electron chi connectivity index (χ4n) is 2.59. The third-order valence-electron chi connectivity index (χ3n) is 3.67. The van der Waals surface area contributed by atoms with Gasteiger partial charge in [0.15, 0.2) is 5.13 Å². The summed E-state index contributed by atoms with van der Waals surface area (Å²) in [4.78, 5) is 16.8. The second kappa shape index (κ2) is 6.19. The molecule has 0 saturated carbocycles. The average Bonchev–Trinajstić information content (AvgIpc) is 3.18. The lowest BCUT2D eigenvalue weighted by molar-refractivity contribution is -0.134. The van der Waals surface area contributed by atoms with Crippen molar-refractivity contribution in [2.45, 2.75) is 31.5 Å². The first-order valence-electron chi connectivity index (χ1n) is 7.04. The summed E-state index contributed by atoms with van der Waals surface area (Å²) < 4.78 is 37.7. The molecule has 6 nitrogen and oxygen atoms in total. The number of hydrogen-bond donors (Lipinski definition) is 2. The molecule has 0 bridgehead atoms. The highest BCUT2D eigenvalue weighted by Crippen LogP contribution is 2.36. The summed E-state index contributed by atoms with van der Waals surface area (Å²) >= 11 is 0.418. The Morgan fingerprint density at radius 1 is 1.39 bits per heavy atom. The molecule has 1 saturated heterocycles. The van der Waals surface area contributed by atoms with Crippen molar-refractivity contribution in [3.8, 4) is 0 Å². The Bertz CT molecular complexity index is 669. The van der Waals surface area contributed by atoms with Crippen molar-refractivity contribution in [2.75, 3.05) is 11.9 Å². The van der Waals surface area contributed by atoms with Crippen molar-refractivity contribution < 1.29 is 18.0 Å². The van der Waals surface area contributed by atoms with E-state index in [0.717, 1.165) is 31.0 Å². The van der Waals surface area contributed by atoms with Crippen molar-refractivity contribution in [2.24, 2.45) is 0 Å². The van der Waals surface area contributed by atoms with Gasteiger partial charge < -0.3 is 4.90 Å². The largest absolute Gasteiger partial charge is 0.427 e. The van der Waals surface area contributed by atoms with Gasteiger partial charge in [0.1, 0.15) is 4.88 Å².